The van der Waals surface area contributed by atoms with Crippen LogP contribution in [0.4, 0.5) is 13.2 Å². The Bertz CT molecular complexity index is 716. The van der Waals surface area contributed by atoms with Crippen LogP contribution in [0.2, 0.25) is 0 Å². The van der Waals surface area contributed by atoms with Gasteiger partial charge in [0.25, 0.3) is 0 Å². The number of fused-ring (bicyclic) bond motifs is 1. The fourth-order valence-electron chi connectivity index (χ4n) is 3.12. The minimum Gasteiger partial charge on any atom is -0.484 e. The average molecular weight is 364 g/mol. The number of alkyl halides is 3. The summed E-state index contributed by atoms with van der Waals surface area (Å²) in [7, 11) is 0. The van der Waals surface area contributed by atoms with Crippen molar-refractivity contribution in [1.82, 2.24) is 10.4 Å². The summed E-state index contributed by atoms with van der Waals surface area (Å²) in [5.74, 6) is 0.440. The first kappa shape index (κ1) is 18.7. The van der Waals surface area contributed by atoms with Gasteiger partial charge in [0.1, 0.15) is 11.9 Å². The molecule has 0 spiro atoms. The number of hydrogen-bond acceptors (Lipinski definition) is 3. The molecule has 0 aliphatic carbocycles. The molecule has 0 aromatic heterocycles. The predicted octanol–water partition coefficient (Wildman–Crippen LogP) is 4.60. The van der Waals surface area contributed by atoms with Crippen LogP contribution in [0.25, 0.3) is 0 Å². The first-order valence-corrected chi connectivity index (χ1v) is 8.87. The van der Waals surface area contributed by atoms with Gasteiger partial charge in [-0.05, 0) is 48.2 Å². The summed E-state index contributed by atoms with van der Waals surface area (Å²) in [5, 5.41) is 2.14. The van der Waals surface area contributed by atoms with Crippen LogP contribution in [0.1, 0.15) is 36.1 Å². The lowest BCUT2D eigenvalue weighted by Gasteiger charge is -2.26. The second kappa shape index (κ2) is 8.10. The van der Waals surface area contributed by atoms with E-state index in [1.807, 2.05) is 18.2 Å². The van der Waals surface area contributed by atoms with E-state index in [-0.39, 0.29) is 6.10 Å². The second-order valence-corrected chi connectivity index (χ2v) is 6.43. The molecular weight excluding hydrogens is 341 g/mol. The summed E-state index contributed by atoms with van der Waals surface area (Å²) in [5.41, 5.74) is 5.03. The number of nitrogens with zero attached hydrogens (tertiary/aromatic N) is 1. The molecule has 1 aliphatic heterocycles. The zero-order valence-corrected chi connectivity index (χ0v) is 14.7. The lowest BCUT2D eigenvalue weighted by molar-refractivity contribution is -0.137. The van der Waals surface area contributed by atoms with E-state index in [0.717, 1.165) is 43.6 Å². The molecule has 0 radical (unpaired) electrons. The SMILES string of the molecule is CCCNN1CCc2ccccc2C(Oc2ccc(C(F)(F)F)cc2)C1. The number of hydrogen-bond donors (Lipinski definition) is 1. The molecule has 26 heavy (non-hydrogen) atoms. The van der Waals surface area contributed by atoms with E-state index in [4.69, 9.17) is 4.74 Å². The third-order valence-electron chi connectivity index (χ3n) is 4.48. The molecule has 1 aliphatic rings. The zero-order chi connectivity index (χ0) is 18.6. The molecule has 0 saturated heterocycles. The molecule has 1 N–H and O–H groups in total. The van der Waals surface area contributed by atoms with Gasteiger partial charge < -0.3 is 4.74 Å². The normalized spacial score (nSPS) is 18.2. The van der Waals surface area contributed by atoms with Crippen LogP contribution < -0.4 is 10.2 Å². The van der Waals surface area contributed by atoms with Crippen LogP contribution in [-0.2, 0) is 12.6 Å². The maximum Gasteiger partial charge on any atom is 0.416 e. The molecule has 2 aromatic rings. The summed E-state index contributed by atoms with van der Waals surface area (Å²) in [6.07, 6.45) is -2.66. The number of hydrazine groups is 1. The number of nitrogens with one attached hydrogen (secondary N) is 1. The fraction of sp³-hybridized carbons (Fsp3) is 0.400. The monoisotopic (exact) mass is 364 g/mol. The van der Waals surface area contributed by atoms with Crippen LogP contribution in [0, 0.1) is 0 Å². The largest absolute Gasteiger partial charge is 0.484 e. The first-order chi connectivity index (χ1) is 12.5. The molecule has 0 fully saturated rings. The minimum absolute atomic E-state index is 0.241. The number of halogens is 3. The Morgan fingerprint density at radius 1 is 1.12 bits per heavy atom. The summed E-state index contributed by atoms with van der Waals surface area (Å²) < 4.78 is 44.3. The third-order valence-corrected chi connectivity index (χ3v) is 4.48. The Balaban J connectivity index is 1.80. The summed E-state index contributed by atoms with van der Waals surface area (Å²) in [4.78, 5) is 0. The van der Waals surface area contributed by atoms with E-state index in [2.05, 4.69) is 23.4 Å². The van der Waals surface area contributed by atoms with Gasteiger partial charge in [0.15, 0.2) is 0 Å². The van der Waals surface area contributed by atoms with Crippen LogP contribution in [0.5, 0.6) is 5.75 Å². The lowest BCUT2D eigenvalue weighted by atomic mass is 10.0. The van der Waals surface area contributed by atoms with Gasteiger partial charge in [-0.25, -0.2) is 5.01 Å². The maximum atomic E-state index is 12.7. The van der Waals surface area contributed by atoms with Gasteiger partial charge in [-0.1, -0.05) is 31.2 Å². The van der Waals surface area contributed by atoms with Crippen LogP contribution >= 0.6 is 0 Å². The Hall–Kier alpha value is -2.05. The molecule has 0 bridgehead atoms. The molecule has 6 heteroatoms. The van der Waals surface area contributed by atoms with Gasteiger partial charge in [-0.15, -0.1) is 0 Å². The van der Waals surface area contributed by atoms with Gasteiger partial charge in [0.05, 0.1) is 12.1 Å². The van der Waals surface area contributed by atoms with Gasteiger partial charge >= 0.3 is 6.18 Å². The maximum absolute atomic E-state index is 12.7. The topological polar surface area (TPSA) is 24.5 Å². The van der Waals surface area contributed by atoms with Gasteiger partial charge in [0.2, 0.25) is 0 Å². The molecule has 3 rings (SSSR count). The standard InChI is InChI=1S/C20H23F3N2O/c1-2-12-24-25-13-11-15-5-3-4-6-18(15)19(14-25)26-17-9-7-16(8-10-17)20(21,22)23/h3-10,19,24H,2,11-14H2,1H3. The van der Waals surface area contributed by atoms with E-state index >= 15 is 0 Å². The van der Waals surface area contributed by atoms with Gasteiger partial charge in [0, 0.05) is 13.1 Å². The van der Waals surface area contributed by atoms with E-state index in [0.29, 0.717) is 12.3 Å². The van der Waals surface area contributed by atoms with Crippen molar-refractivity contribution in [2.75, 3.05) is 19.6 Å². The quantitative estimate of drug-likeness (QED) is 0.839. The Labute approximate surface area is 151 Å². The number of rotatable bonds is 5. The Kier molecular flexibility index (Phi) is 5.84. The second-order valence-electron chi connectivity index (χ2n) is 6.43. The lowest BCUT2D eigenvalue weighted by Crippen LogP contribution is -2.42. The highest BCUT2D eigenvalue weighted by Gasteiger charge is 2.30. The highest BCUT2D eigenvalue weighted by molar-refractivity contribution is 5.34. The molecule has 1 atom stereocenters. The minimum atomic E-state index is -4.34. The zero-order valence-electron chi connectivity index (χ0n) is 14.7. The van der Waals surface area contributed by atoms with E-state index < -0.39 is 11.7 Å². The van der Waals surface area contributed by atoms with E-state index in [9.17, 15) is 13.2 Å². The predicted molar refractivity (Wildman–Crippen MR) is 94.8 cm³/mol. The summed E-state index contributed by atoms with van der Waals surface area (Å²) >= 11 is 0. The van der Waals surface area contributed by atoms with Crippen molar-refractivity contribution in [2.45, 2.75) is 32.0 Å². The highest BCUT2D eigenvalue weighted by Crippen LogP contribution is 2.32. The molecule has 2 aromatic carbocycles. The Morgan fingerprint density at radius 3 is 2.54 bits per heavy atom. The molecular formula is C20H23F3N2O. The summed E-state index contributed by atoms with van der Waals surface area (Å²) in [6, 6.07) is 13.0. The van der Waals surface area contributed by atoms with Crippen molar-refractivity contribution in [3.63, 3.8) is 0 Å². The summed E-state index contributed by atoms with van der Waals surface area (Å²) in [6.45, 7) is 4.49. The van der Waals surface area contributed by atoms with Crippen molar-refractivity contribution in [3.05, 3.63) is 65.2 Å². The van der Waals surface area contributed by atoms with Crippen molar-refractivity contribution in [2.24, 2.45) is 0 Å². The number of benzene rings is 2. The van der Waals surface area contributed by atoms with E-state index in [1.54, 1.807) is 0 Å². The Morgan fingerprint density at radius 2 is 1.85 bits per heavy atom. The first-order valence-electron chi connectivity index (χ1n) is 8.87. The van der Waals surface area contributed by atoms with Crippen molar-refractivity contribution in [3.8, 4) is 5.75 Å². The smallest absolute Gasteiger partial charge is 0.416 e. The average Bonchev–Trinajstić information content (AvgIpc) is 2.79. The fourth-order valence-corrected chi connectivity index (χ4v) is 3.12. The molecule has 140 valence electrons. The third kappa shape index (κ3) is 4.56. The van der Waals surface area contributed by atoms with Crippen LogP contribution in [0.3, 0.4) is 0 Å². The van der Waals surface area contributed by atoms with Crippen LogP contribution in [0.15, 0.2) is 48.5 Å². The highest BCUT2D eigenvalue weighted by atomic mass is 19.4. The van der Waals surface area contributed by atoms with E-state index in [1.165, 1.54) is 17.7 Å². The van der Waals surface area contributed by atoms with Crippen molar-refractivity contribution in [1.29, 1.82) is 0 Å². The molecule has 0 saturated carbocycles. The molecule has 1 unspecified atom stereocenters. The molecule has 1 heterocycles. The van der Waals surface area contributed by atoms with Crippen molar-refractivity contribution < 1.29 is 17.9 Å². The van der Waals surface area contributed by atoms with Crippen molar-refractivity contribution >= 4 is 0 Å². The van der Waals surface area contributed by atoms with Gasteiger partial charge in [-0.3, -0.25) is 5.43 Å². The van der Waals surface area contributed by atoms with Gasteiger partial charge in [-0.2, -0.15) is 13.2 Å². The molecule has 3 nitrogen and oxygen atoms in total. The van der Waals surface area contributed by atoms with Crippen LogP contribution in [-0.4, -0.2) is 24.6 Å². The number of ether oxygens (including phenoxy) is 1. The molecule has 0 amide bonds.